The maximum atomic E-state index is 13.0. The summed E-state index contributed by atoms with van der Waals surface area (Å²) in [7, 11) is 0. The minimum absolute atomic E-state index is 0.237. The Hall–Kier alpha value is -3.43. The van der Waals surface area contributed by atoms with Crippen molar-refractivity contribution in [3.05, 3.63) is 80.4 Å². The van der Waals surface area contributed by atoms with E-state index in [0.29, 0.717) is 37.9 Å². The van der Waals surface area contributed by atoms with Crippen LogP contribution in [0.2, 0.25) is 5.02 Å². The Balaban J connectivity index is 1.62. The molecular formula is C22H20ClN7OS. The molecule has 32 heavy (non-hydrogen) atoms. The molecular weight excluding hydrogens is 446 g/mol. The first kappa shape index (κ1) is 21.8. The quantitative estimate of drug-likeness (QED) is 0.311. The highest BCUT2D eigenvalue weighted by molar-refractivity contribution is 7.17. The third-order valence-corrected chi connectivity index (χ3v) is 5.83. The molecule has 0 radical (unpaired) electrons. The van der Waals surface area contributed by atoms with Crippen LogP contribution in [-0.2, 0) is 0 Å². The van der Waals surface area contributed by atoms with Crippen LogP contribution < -0.4 is 5.56 Å². The Labute approximate surface area is 193 Å². The number of azo groups is 2. The minimum Gasteiger partial charge on any atom is -0.291 e. The van der Waals surface area contributed by atoms with E-state index >= 15 is 0 Å². The lowest BCUT2D eigenvalue weighted by atomic mass is 10.1. The number of aromatic amines is 1. The van der Waals surface area contributed by atoms with Gasteiger partial charge in [0.25, 0.3) is 0 Å². The van der Waals surface area contributed by atoms with Crippen LogP contribution in [0, 0.1) is 27.7 Å². The first-order valence-electron chi connectivity index (χ1n) is 9.77. The molecule has 0 saturated heterocycles. The molecule has 8 nitrogen and oxygen atoms in total. The Morgan fingerprint density at radius 1 is 0.906 bits per heavy atom. The average Bonchev–Trinajstić information content (AvgIpc) is 3.24. The topological polar surface area (TPSA) is 100 Å². The van der Waals surface area contributed by atoms with Crippen LogP contribution in [0.25, 0.3) is 5.13 Å². The summed E-state index contributed by atoms with van der Waals surface area (Å²) < 4.78 is 1.35. The second-order valence-electron chi connectivity index (χ2n) is 7.34. The standard InChI is InChI=1S/C22H20ClN7OS/c1-12-9-13(2)11-18(10-12)26-27-19-14(3)29-30(21(19)31)22-24-15(4)20(32-22)28-25-17-7-5-16(23)6-8-17/h5-11,29H,1-4H3. The fourth-order valence-corrected chi connectivity index (χ4v) is 4.06. The molecule has 0 bridgehead atoms. The highest BCUT2D eigenvalue weighted by atomic mass is 35.5. The predicted molar refractivity (Wildman–Crippen MR) is 127 cm³/mol. The molecule has 0 unspecified atom stereocenters. The van der Waals surface area contributed by atoms with Crippen molar-refractivity contribution in [2.75, 3.05) is 0 Å². The number of hydrogen-bond acceptors (Lipinski definition) is 7. The molecule has 10 heteroatoms. The molecule has 0 fully saturated rings. The number of benzene rings is 2. The third-order valence-electron chi connectivity index (χ3n) is 4.55. The summed E-state index contributed by atoms with van der Waals surface area (Å²) in [5.74, 6) is 0. The highest BCUT2D eigenvalue weighted by Crippen LogP contribution is 2.31. The van der Waals surface area contributed by atoms with E-state index in [0.717, 1.165) is 11.1 Å². The number of nitrogens with one attached hydrogen (secondary N) is 1. The van der Waals surface area contributed by atoms with Crippen molar-refractivity contribution in [3.8, 4) is 5.13 Å². The number of thiazole rings is 1. The van der Waals surface area contributed by atoms with Crippen molar-refractivity contribution in [2.45, 2.75) is 27.7 Å². The van der Waals surface area contributed by atoms with E-state index < -0.39 is 0 Å². The molecule has 2 aromatic heterocycles. The van der Waals surface area contributed by atoms with E-state index in [9.17, 15) is 4.79 Å². The SMILES string of the molecule is Cc1cc(C)cc(N=Nc2c(C)[nH]n(-c3nc(C)c(N=Nc4ccc(Cl)cc4)s3)c2=O)c1. The third kappa shape index (κ3) is 4.74. The maximum absolute atomic E-state index is 13.0. The average molecular weight is 466 g/mol. The number of H-pyrrole nitrogens is 1. The van der Waals surface area contributed by atoms with Gasteiger partial charge >= 0.3 is 5.56 Å². The number of rotatable bonds is 5. The summed E-state index contributed by atoms with van der Waals surface area (Å²) in [6.45, 7) is 7.58. The second kappa shape index (κ2) is 8.97. The zero-order chi connectivity index (χ0) is 22.8. The van der Waals surface area contributed by atoms with Crippen LogP contribution in [0.1, 0.15) is 22.5 Å². The molecule has 4 rings (SSSR count). The predicted octanol–water partition coefficient (Wildman–Crippen LogP) is 7.34. The van der Waals surface area contributed by atoms with Crippen molar-refractivity contribution in [3.63, 3.8) is 0 Å². The van der Waals surface area contributed by atoms with Gasteiger partial charge in [-0.15, -0.1) is 15.3 Å². The van der Waals surface area contributed by atoms with Gasteiger partial charge in [0.2, 0.25) is 5.13 Å². The van der Waals surface area contributed by atoms with Gasteiger partial charge in [0.15, 0.2) is 10.7 Å². The maximum Gasteiger partial charge on any atom is 0.301 e. The Bertz CT molecular complexity index is 1380. The van der Waals surface area contributed by atoms with Crippen LogP contribution in [0.15, 0.2) is 67.7 Å². The first-order chi connectivity index (χ1) is 15.3. The van der Waals surface area contributed by atoms with E-state index in [1.807, 2.05) is 32.9 Å². The molecule has 0 amide bonds. The lowest BCUT2D eigenvalue weighted by Crippen LogP contribution is -2.13. The molecule has 1 N–H and O–H groups in total. The van der Waals surface area contributed by atoms with Crippen LogP contribution in [-0.4, -0.2) is 14.8 Å². The van der Waals surface area contributed by atoms with Gasteiger partial charge in [0.1, 0.15) is 0 Å². The summed E-state index contributed by atoms with van der Waals surface area (Å²) in [5, 5.41) is 21.6. The van der Waals surface area contributed by atoms with Crippen molar-refractivity contribution < 1.29 is 0 Å². The molecule has 0 aliphatic heterocycles. The Morgan fingerprint density at radius 2 is 1.56 bits per heavy atom. The van der Waals surface area contributed by atoms with Crippen molar-refractivity contribution in [1.29, 1.82) is 0 Å². The number of halogens is 1. The largest absolute Gasteiger partial charge is 0.301 e. The summed E-state index contributed by atoms with van der Waals surface area (Å²) in [6.07, 6.45) is 0. The van der Waals surface area contributed by atoms with E-state index in [4.69, 9.17) is 11.6 Å². The Kier molecular flexibility index (Phi) is 6.11. The van der Waals surface area contributed by atoms with E-state index in [-0.39, 0.29) is 11.2 Å². The molecule has 0 saturated carbocycles. The smallest absolute Gasteiger partial charge is 0.291 e. The molecule has 2 aromatic carbocycles. The summed E-state index contributed by atoms with van der Waals surface area (Å²) in [4.78, 5) is 17.4. The second-order valence-corrected chi connectivity index (χ2v) is 8.73. The molecule has 4 aromatic rings. The van der Waals surface area contributed by atoms with E-state index in [1.54, 1.807) is 31.2 Å². The van der Waals surface area contributed by atoms with Crippen LogP contribution in [0.3, 0.4) is 0 Å². The molecule has 2 heterocycles. The highest BCUT2D eigenvalue weighted by Gasteiger charge is 2.16. The van der Waals surface area contributed by atoms with Gasteiger partial charge in [-0.1, -0.05) is 29.0 Å². The summed E-state index contributed by atoms with van der Waals surface area (Å²) >= 11 is 7.15. The zero-order valence-corrected chi connectivity index (χ0v) is 19.5. The van der Waals surface area contributed by atoms with Crippen molar-refractivity contribution in [2.24, 2.45) is 20.5 Å². The minimum atomic E-state index is -0.328. The zero-order valence-electron chi connectivity index (χ0n) is 17.9. The summed E-state index contributed by atoms with van der Waals surface area (Å²) in [6, 6.07) is 12.9. The van der Waals surface area contributed by atoms with Gasteiger partial charge in [-0.2, -0.15) is 9.80 Å². The monoisotopic (exact) mass is 465 g/mol. The molecule has 0 aliphatic carbocycles. The Morgan fingerprint density at radius 3 is 2.25 bits per heavy atom. The van der Waals surface area contributed by atoms with Crippen LogP contribution in [0.4, 0.5) is 22.1 Å². The first-order valence-corrected chi connectivity index (χ1v) is 11.0. The molecule has 0 atom stereocenters. The van der Waals surface area contributed by atoms with Gasteiger partial charge in [-0.25, -0.2) is 4.98 Å². The van der Waals surface area contributed by atoms with Gasteiger partial charge < -0.3 is 0 Å². The number of nitrogens with zero attached hydrogens (tertiary/aromatic N) is 6. The van der Waals surface area contributed by atoms with Crippen molar-refractivity contribution >= 4 is 45.0 Å². The normalized spacial score (nSPS) is 11.8. The van der Waals surface area contributed by atoms with Crippen LogP contribution in [0.5, 0.6) is 0 Å². The summed E-state index contributed by atoms with van der Waals surface area (Å²) in [5.41, 5.74) is 4.71. The fraction of sp³-hybridized carbons (Fsp3) is 0.182. The van der Waals surface area contributed by atoms with Crippen LogP contribution >= 0.6 is 22.9 Å². The lowest BCUT2D eigenvalue weighted by Gasteiger charge is -1.98. The van der Waals surface area contributed by atoms with E-state index in [2.05, 4.69) is 36.6 Å². The van der Waals surface area contributed by atoms with Gasteiger partial charge in [-0.05, 0) is 75.2 Å². The molecule has 0 aliphatic rings. The van der Waals surface area contributed by atoms with Gasteiger partial charge in [0.05, 0.1) is 22.8 Å². The van der Waals surface area contributed by atoms with Crippen molar-refractivity contribution in [1.82, 2.24) is 14.8 Å². The van der Waals surface area contributed by atoms with E-state index in [1.165, 1.54) is 16.0 Å². The number of aromatic nitrogens is 3. The fourth-order valence-electron chi connectivity index (χ4n) is 3.08. The van der Waals surface area contributed by atoms with Gasteiger partial charge in [-0.3, -0.25) is 9.89 Å². The number of hydrogen-bond donors (Lipinski definition) is 1. The molecule has 162 valence electrons. The lowest BCUT2D eigenvalue weighted by molar-refractivity contribution is 0.823. The van der Waals surface area contributed by atoms with Gasteiger partial charge in [0, 0.05) is 5.02 Å². The number of aryl methyl sites for hydroxylation is 4. The molecule has 0 spiro atoms.